The molecule has 3 nitrogen and oxygen atoms in total. The summed E-state index contributed by atoms with van der Waals surface area (Å²) in [6.45, 7) is 3.70. The van der Waals surface area contributed by atoms with Crippen molar-refractivity contribution in [2.24, 2.45) is 5.73 Å². The van der Waals surface area contributed by atoms with Crippen LogP contribution in [-0.4, -0.2) is 9.78 Å². The van der Waals surface area contributed by atoms with Crippen molar-refractivity contribution >= 4 is 0 Å². The molecule has 1 aromatic heterocycles. The van der Waals surface area contributed by atoms with Gasteiger partial charge in [0.15, 0.2) is 0 Å². The summed E-state index contributed by atoms with van der Waals surface area (Å²) in [5.41, 5.74) is 9.59. The molecule has 0 radical (unpaired) electrons. The zero-order valence-electron chi connectivity index (χ0n) is 7.51. The summed E-state index contributed by atoms with van der Waals surface area (Å²) in [5, 5.41) is 4.46. The molecule has 1 aromatic rings. The molecule has 0 amide bonds. The van der Waals surface area contributed by atoms with Crippen molar-refractivity contribution in [3.8, 4) is 0 Å². The van der Waals surface area contributed by atoms with E-state index >= 15 is 0 Å². The molecule has 1 heterocycles. The highest BCUT2D eigenvalue weighted by Gasteiger charge is 2.20. The van der Waals surface area contributed by atoms with E-state index in [1.54, 1.807) is 0 Å². The van der Waals surface area contributed by atoms with Crippen LogP contribution < -0.4 is 5.73 Å². The maximum Gasteiger partial charge on any atom is 0.0795 e. The van der Waals surface area contributed by atoms with E-state index in [0.717, 1.165) is 12.2 Å². The summed E-state index contributed by atoms with van der Waals surface area (Å²) in [7, 11) is 0. The fraction of sp³-hybridized carbons (Fsp3) is 0.667. The zero-order valence-corrected chi connectivity index (χ0v) is 7.51. The second-order valence-electron chi connectivity index (χ2n) is 3.25. The number of fused-ring (bicyclic) bond motifs is 1. The number of hydrogen-bond donors (Lipinski definition) is 1. The molecule has 0 fully saturated rings. The predicted octanol–water partition coefficient (Wildman–Crippen LogP) is 0.850. The third-order valence-corrected chi connectivity index (χ3v) is 2.58. The van der Waals surface area contributed by atoms with E-state index in [4.69, 9.17) is 5.73 Å². The topological polar surface area (TPSA) is 43.8 Å². The molecule has 0 unspecified atom stereocenters. The fourth-order valence-corrected chi connectivity index (χ4v) is 2.02. The van der Waals surface area contributed by atoms with Gasteiger partial charge in [-0.05, 0) is 31.7 Å². The highest BCUT2D eigenvalue weighted by atomic mass is 15.3. The first-order valence-corrected chi connectivity index (χ1v) is 4.64. The molecule has 0 aliphatic heterocycles. The summed E-state index contributed by atoms with van der Waals surface area (Å²) >= 11 is 0. The van der Waals surface area contributed by atoms with Crippen LogP contribution in [-0.2, 0) is 25.9 Å². The van der Waals surface area contributed by atoms with Crippen LogP contribution >= 0.6 is 0 Å². The average molecular weight is 165 g/mol. The van der Waals surface area contributed by atoms with Gasteiger partial charge in [-0.15, -0.1) is 0 Å². The SMILES string of the molecule is CCn1nc(CN)c2c1CCC2. The maximum absolute atomic E-state index is 5.62. The van der Waals surface area contributed by atoms with Crippen molar-refractivity contribution in [1.29, 1.82) is 0 Å². The van der Waals surface area contributed by atoms with Crippen LogP contribution in [0.3, 0.4) is 0 Å². The van der Waals surface area contributed by atoms with Gasteiger partial charge in [-0.25, -0.2) is 0 Å². The van der Waals surface area contributed by atoms with E-state index in [2.05, 4.69) is 16.7 Å². The number of nitrogens with zero attached hydrogens (tertiary/aromatic N) is 2. The van der Waals surface area contributed by atoms with Gasteiger partial charge in [0.1, 0.15) is 0 Å². The molecule has 0 saturated carbocycles. The Morgan fingerprint density at radius 1 is 1.50 bits per heavy atom. The number of nitrogens with two attached hydrogens (primary N) is 1. The van der Waals surface area contributed by atoms with Gasteiger partial charge < -0.3 is 5.73 Å². The summed E-state index contributed by atoms with van der Waals surface area (Å²) in [6, 6.07) is 0. The van der Waals surface area contributed by atoms with Gasteiger partial charge in [-0.1, -0.05) is 0 Å². The quantitative estimate of drug-likeness (QED) is 0.706. The van der Waals surface area contributed by atoms with Gasteiger partial charge in [0.05, 0.1) is 5.69 Å². The van der Waals surface area contributed by atoms with Gasteiger partial charge in [-0.2, -0.15) is 5.10 Å². The molecule has 0 atom stereocenters. The summed E-state index contributed by atoms with van der Waals surface area (Å²) in [4.78, 5) is 0. The predicted molar refractivity (Wildman–Crippen MR) is 47.8 cm³/mol. The Morgan fingerprint density at radius 2 is 2.33 bits per heavy atom. The van der Waals surface area contributed by atoms with E-state index in [9.17, 15) is 0 Å². The minimum atomic E-state index is 0.593. The minimum Gasteiger partial charge on any atom is -0.325 e. The summed E-state index contributed by atoms with van der Waals surface area (Å²) in [6.07, 6.45) is 3.65. The van der Waals surface area contributed by atoms with Crippen LogP contribution in [0.5, 0.6) is 0 Å². The standard InChI is InChI=1S/C9H15N3/c1-2-12-9-5-3-4-7(9)8(6-10)11-12/h2-6,10H2,1H3. The molecule has 66 valence electrons. The lowest BCUT2D eigenvalue weighted by Gasteiger charge is -1.98. The molecular weight excluding hydrogens is 150 g/mol. The first-order valence-electron chi connectivity index (χ1n) is 4.64. The van der Waals surface area contributed by atoms with Gasteiger partial charge in [0, 0.05) is 18.8 Å². The van der Waals surface area contributed by atoms with E-state index in [1.807, 2.05) is 0 Å². The lowest BCUT2D eigenvalue weighted by molar-refractivity contribution is 0.611. The molecule has 1 aliphatic rings. The summed E-state index contributed by atoms with van der Waals surface area (Å²) < 4.78 is 2.10. The minimum absolute atomic E-state index is 0.593. The highest BCUT2D eigenvalue weighted by molar-refractivity contribution is 5.30. The number of aromatic nitrogens is 2. The normalized spacial score (nSPS) is 15.2. The maximum atomic E-state index is 5.62. The Kier molecular flexibility index (Phi) is 1.89. The van der Waals surface area contributed by atoms with E-state index in [1.165, 1.54) is 30.5 Å². The second-order valence-corrected chi connectivity index (χ2v) is 3.25. The van der Waals surface area contributed by atoms with Crippen LogP contribution in [0, 0.1) is 0 Å². The lowest BCUT2D eigenvalue weighted by Crippen LogP contribution is -2.03. The summed E-state index contributed by atoms with van der Waals surface area (Å²) in [5.74, 6) is 0. The Labute approximate surface area is 72.6 Å². The Hall–Kier alpha value is -0.830. The van der Waals surface area contributed by atoms with Crippen molar-refractivity contribution < 1.29 is 0 Å². The molecule has 0 aromatic carbocycles. The Morgan fingerprint density at radius 3 is 3.00 bits per heavy atom. The Balaban J connectivity index is 2.47. The third-order valence-electron chi connectivity index (χ3n) is 2.58. The smallest absolute Gasteiger partial charge is 0.0795 e. The lowest BCUT2D eigenvalue weighted by atomic mass is 10.2. The molecule has 3 heteroatoms. The van der Waals surface area contributed by atoms with E-state index < -0.39 is 0 Å². The molecule has 12 heavy (non-hydrogen) atoms. The monoisotopic (exact) mass is 165 g/mol. The van der Waals surface area contributed by atoms with Crippen molar-refractivity contribution in [2.45, 2.75) is 39.3 Å². The average Bonchev–Trinajstić information content (AvgIpc) is 2.63. The molecule has 0 bridgehead atoms. The largest absolute Gasteiger partial charge is 0.325 e. The molecule has 0 saturated heterocycles. The van der Waals surface area contributed by atoms with Crippen molar-refractivity contribution in [3.05, 3.63) is 17.0 Å². The number of aryl methyl sites for hydroxylation is 1. The van der Waals surface area contributed by atoms with Crippen LogP contribution in [0.1, 0.15) is 30.3 Å². The highest BCUT2D eigenvalue weighted by Crippen LogP contribution is 2.24. The van der Waals surface area contributed by atoms with Gasteiger partial charge in [0.2, 0.25) is 0 Å². The third kappa shape index (κ3) is 0.966. The van der Waals surface area contributed by atoms with Crippen LogP contribution in [0.25, 0.3) is 0 Å². The van der Waals surface area contributed by atoms with Gasteiger partial charge in [-0.3, -0.25) is 4.68 Å². The van der Waals surface area contributed by atoms with E-state index in [0.29, 0.717) is 6.54 Å². The molecule has 0 spiro atoms. The van der Waals surface area contributed by atoms with Crippen LogP contribution in [0.2, 0.25) is 0 Å². The van der Waals surface area contributed by atoms with Gasteiger partial charge in [0.25, 0.3) is 0 Å². The first-order chi connectivity index (χ1) is 5.86. The van der Waals surface area contributed by atoms with Crippen LogP contribution in [0.15, 0.2) is 0 Å². The fourth-order valence-electron chi connectivity index (χ4n) is 2.02. The number of rotatable bonds is 2. The van der Waals surface area contributed by atoms with Gasteiger partial charge >= 0.3 is 0 Å². The van der Waals surface area contributed by atoms with Crippen molar-refractivity contribution in [2.75, 3.05) is 0 Å². The molecule has 2 N–H and O–H groups in total. The van der Waals surface area contributed by atoms with E-state index in [-0.39, 0.29) is 0 Å². The Bertz CT molecular complexity index is 262. The van der Waals surface area contributed by atoms with Crippen molar-refractivity contribution in [3.63, 3.8) is 0 Å². The molecular formula is C9H15N3. The second kappa shape index (κ2) is 2.90. The zero-order chi connectivity index (χ0) is 8.55. The molecule has 2 rings (SSSR count). The van der Waals surface area contributed by atoms with Crippen LogP contribution in [0.4, 0.5) is 0 Å². The number of hydrogen-bond acceptors (Lipinski definition) is 2. The first kappa shape index (κ1) is 7.80. The molecule has 1 aliphatic carbocycles. The van der Waals surface area contributed by atoms with Crippen molar-refractivity contribution in [1.82, 2.24) is 9.78 Å².